The molecule has 4 rings (SSSR count). The second kappa shape index (κ2) is 10.2. The van der Waals surface area contributed by atoms with E-state index in [9.17, 15) is 9.59 Å². The van der Waals surface area contributed by atoms with E-state index < -0.39 is 5.92 Å². The number of aromatic nitrogens is 1. The van der Waals surface area contributed by atoms with Crippen LogP contribution in [0.3, 0.4) is 0 Å². The van der Waals surface area contributed by atoms with E-state index in [-0.39, 0.29) is 25.0 Å². The predicted molar refractivity (Wildman–Crippen MR) is 129 cm³/mol. The van der Waals surface area contributed by atoms with Crippen molar-refractivity contribution in [3.63, 3.8) is 0 Å². The van der Waals surface area contributed by atoms with Gasteiger partial charge in [0.2, 0.25) is 5.91 Å². The lowest BCUT2D eigenvalue weighted by Gasteiger charge is -2.16. The number of nitrogens with zero attached hydrogens (tertiary/aromatic N) is 1. The van der Waals surface area contributed by atoms with E-state index in [0.717, 1.165) is 28.3 Å². The SMILES string of the molecule is CC1C=C(C(=O)OCc2ccc(C(CN)C(=O)Nc3ccc4cnccc4c3)cc2)C=CC1. The number of anilines is 1. The van der Waals surface area contributed by atoms with Gasteiger partial charge in [0.15, 0.2) is 0 Å². The molecule has 1 amide bonds. The maximum Gasteiger partial charge on any atom is 0.338 e. The maximum atomic E-state index is 12.9. The largest absolute Gasteiger partial charge is 0.457 e. The molecule has 0 aliphatic heterocycles. The molecule has 0 radical (unpaired) electrons. The maximum absolute atomic E-state index is 12.9. The van der Waals surface area contributed by atoms with Gasteiger partial charge in [-0.25, -0.2) is 4.79 Å². The number of amides is 1. The predicted octanol–water partition coefficient (Wildman–Crippen LogP) is 4.48. The number of hydrogen-bond donors (Lipinski definition) is 2. The summed E-state index contributed by atoms with van der Waals surface area (Å²) in [6.45, 7) is 2.41. The fourth-order valence-electron chi connectivity index (χ4n) is 3.84. The Morgan fingerprint density at radius 3 is 2.73 bits per heavy atom. The van der Waals surface area contributed by atoms with Crippen LogP contribution in [0.4, 0.5) is 5.69 Å². The molecule has 6 nitrogen and oxygen atoms in total. The first-order valence-corrected chi connectivity index (χ1v) is 11.0. The molecule has 33 heavy (non-hydrogen) atoms. The van der Waals surface area contributed by atoms with Crippen molar-refractivity contribution >= 4 is 28.3 Å². The van der Waals surface area contributed by atoms with E-state index in [0.29, 0.717) is 17.2 Å². The summed E-state index contributed by atoms with van der Waals surface area (Å²) in [7, 11) is 0. The van der Waals surface area contributed by atoms with Gasteiger partial charge < -0.3 is 15.8 Å². The number of allylic oxidation sites excluding steroid dienone is 2. The third kappa shape index (κ3) is 5.54. The van der Waals surface area contributed by atoms with Crippen LogP contribution in [0, 0.1) is 5.92 Å². The van der Waals surface area contributed by atoms with E-state index in [1.807, 2.05) is 66.8 Å². The quantitative estimate of drug-likeness (QED) is 0.527. The van der Waals surface area contributed by atoms with Crippen LogP contribution >= 0.6 is 0 Å². The van der Waals surface area contributed by atoms with Gasteiger partial charge in [-0.1, -0.05) is 55.5 Å². The van der Waals surface area contributed by atoms with Crippen molar-refractivity contribution in [2.24, 2.45) is 11.7 Å². The molecule has 2 atom stereocenters. The van der Waals surface area contributed by atoms with Gasteiger partial charge >= 0.3 is 5.97 Å². The van der Waals surface area contributed by atoms with Crippen molar-refractivity contribution in [1.29, 1.82) is 0 Å². The first-order chi connectivity index (χ1) is 16.0. The van der Waals surface area contributed by atoms with Gasteiger partial charge in [0, 0.05) is 30.0 Å². The minimum absolute atomic E-state index is 0.171. The lowest BCUT2D eigenvalue weighted by Crippen LogP contribution is -2.27. The van der Waals surface area contributed by atoms with Crippen molar-refractivity contribution in [3.8, 4) is 0 Å². The molecule has 3 aromatic rings. The lowest BCUT2D eigenvalue weighted by molar-refractivity contribution is -0.140. The van der Waals surface area contributed by atoms with Crippen LogP contribution in [0.25, 0.3) is 10.8 Å². The molecule has 0 spiro atoms. The van der Waals surface area contributed by atoms with Crippen molar-refractivity contribution in [2.75, 3.05) is 11.9 Å². The number of ether oxygens (including phenoxy) is 1. The molecule has 3 N–H and O–H groups in total. The number of nitrogens with two attached hydrogens (primary N) is 1. The minimum Gasteiger partial charge on any atom is -0.457 e. The second-order valence-electron chi connectivity index (χ2n) is 8.27. The number of esters is 1. The molecule has 0 bridgehead atoms. The number of pyridine rings is 1. The number of carbonyl (C=O) groups excluding carboxylic acids is 2. The topological polar surface area (TPSA) is 94.3 Å². The highest BCUT2D eigenvalue weighted by atomic mass is 16.5. The van der Waals surface area contributed by atoms with Crippen molar-refractivity contribution < 1.29 is 14.3 Å². The third-order valence-electron chi connectivity index (χ3n) is 5.72. The van der Waals surface area contributed by atoms with Crippen molar-refractivity contribution in [3.05, 3.63) is 95.9 Å². The number of carbonyl (C=O) groups is 2. The van der Waals surface area contributed by atoms with Gasteiger partial charge in [0.05, 0.1) is 11.5 Å². The van der Waals surface area contributed by atoms with Crippen LogP contribution in [0.1, 0.15) is 30.4 Å². The summed E-state index contributed by atoms with van der Waals surface area (Å²) in [5.74, 6) is -0.654. The summed E-state index contributed by atoms with van der Waals surface area (Å²) in [4.78, 5) is 29.3. The number of nitrogens with one attached hydrogen (secondary N) is 1. The molecule has 0 fully saturated rings. The monoisotopic (exact) mass is 441 g/mol. The molecule has 168 valence electrons. The molecule has 1 aliphatic carbocycles. The molecule has 1 heterocycles. The molecular weight excluding hydrogens is 414 g/mol. The first kappa shape index (κ1) is 22.4. The standard InChI is InChI=1S/C27H27N3O3/c1-18-3-2-4-22(13-18)27(32)33-17-19-5-7-20(8-6-19)25(15-28)26(31)30-24-10-9-23-16-29-12-11-21(23)14-24/h2,4-14,16,18,25H,3,15,17,28H2,1H3,(H,30,31). The second-order valence-corrected chi connectivity index (χ2v) is 8.27. The van der Waals surface area contributed by atoms with Gasteiger partial charge in [0.25, 0.3) is 0 Å². The van der Waals surface area contributed by atoms with Crippen LogP contribution in [0.2, 0.25) is 0 Å². The molecule has 0 saturated heterocycles. The molecule has 6 heteroatoms. The van der Waals surface area contributed by atoms with E-state index >= 15 is 0 Å². The third-order valence-corrected chi connectivity index (χ3v) is 5.72. The fourth-order valence-corrected chi connectivity index (χ4v) is 3.84. The highest BCUT2D eigenvalue weighted by molar-refractivity contribution is 5.98. The Kier molecular flexibility index (Phi) is 6.95. The van der Waals surface area contributed by atoms with Crippen LogP contribution in [0.5, 0.6) is 0 Å². The van der Waals surface area contributed by atoms with Gasteiger partial charge in [-0.2, -0.15) is 0 Å². The zero-order chi connectivity index (χ0) is 23.2. The van der Waals surface area contributed by atoms with Crippen LogP contribution in [0.15, 0.2) is 84.7 Å². The zero-order valence-electron chi connectivity index (χ0n) is 18.5. The molecule has 2 aromatic carbocycles. The zero-order valence-corrected chi connectivity index (χ0v) is 18.5. The average Bonchev–Trinajstić information content (AvgIpc) is 2.83. The van der Waals surface area contributed by atoms with Gasteiger partial charge in [-0.05, 0) is 47.1 Å². The van der Waals surface area contributed by atoms with Crippen LogP contribution < -0.4 is 11.1 Å². The normalized spacial score (nSPS) is 16.2. The lowest BCUT2D eigenvalue weighted by atomic mass is 9.97. The van der Waals surface area contributed by atoms with E-state index in [1.54, 1.807) is 12.4 Å². The van der Waals surface area contributed by atoms with Gasteiger partial charge in [-0.3, -0.25) is 9.78 Å². The number of rotatable bonds is 7. The summed E-state index contributed by atoms with van der Waals surface area (Å²) >= 11 is 0. The highest BCUT2D eigenvalue weighted by Crippen LogP contribution is 2.22. The highest BCUT2D eigenvalue weighted by Gasteiger charge is 2.20. The van der Waals surface area contributed by atoms with E-state index in [2.05, 4.69) is 17.2 Å². The number of fused-ring (bicyclic) bond motifs is 1. The summed E-state index contributed by atoms with van der Waals surface area (Å²) < 4.78 is 5.44. The molecule has 1 aliphatic rings. The Balaban J connectivity index is 1.38. The first-order valence-electron chi connectivity index (χ1n) is 11.0. The number of hydrogen-bond acceptors (Lipinski definition) is 5. The fraction of sp³-hybridized carbons (Fsp3) is 0.222. The Morgan fingerprint density at radius 2 is 1.97 bits per heavy atom. The Bertz CT molecular complexity index is 1210. The summed E-state index contributed by atoms with van der Waals surface area (Å²) in [6.07, 6.45) is 10.2. The minimum atomic E-state index is -0.492. The van der Waals surface area contributed by atoms with Gasteiger partial charge in [0.1, 0.15) is 6.61 Å². The number of benzene rings is 2. The molecule has 0 saturated carbocycles. The van der Waals surface area contributed by atoms with Gasteiger partial charge in [-0.15, -0.1) is 0 Å². The Morgan fingerprint density at radius 1 is 1.15 bits per heavy atom. The van der Waals surface area contributed by atoms with E-state index in [1.165, 1.54) is 0 Å². The Hall–Kier alpha value is -3.77. The summed E-state index contributed by atoms with van der Waals surface area (Å²) in [6, 6.07) is 15.0. The molecular formula is C27H27N3O3. The van der Waals surface area contributed by atoms with Crippen molar-refractivity contribution in [2.45, 2.75) is 25.9 Å². The summed E-state index contributed by atoms with van der Waals surface area (Å²) in [5.41, 5.74) is 8.89. The van der Waals surface area contributed by atoms with Crippen molar-refractivity contribution in [1.82, 2.24) is 4.98 Å². The average molecular weight is 442 g/mol. The van der Waals surface area contributed by atoms with Crippen LogP contribution in [-0.2, 0) is 20.9 Å². The molecule has 2 unspecified atom stereocenters. The molecule has 1 aromatic heterocycles. The van der Waals surface area contributed by atoms with Crippen LogP contribution in [-0.4, -0.2) is 23.4 Å². The summed E-state index contributed by atoms with van der Waals surface area (Å²) in [5, 5.41) is 4.96. The Labute approximate surface area is 193 Å². The smallest absolute Gasteiger partial charge is 0.338 e. The van der Waals surface area contributed by atoms with E-state index in [4.69, 9.17) is 10.5 Å².